The van der Waals surface area contributed by atoms with Crippen molar-refractivity contribution in [2.24, 2.45) is 0 Å². The normalized spacial score (nSPS) is 10.4. The molecule has 0 aromatic carbocycles. The Morgan fingerprint density at radius 1 is 1.35 bits per heavy atom. The number of carbonyl (C=O) groups excluding carboxylic acids is 2. The highest BCUT2D eigenvalue weighted by atomic mass is 32.1. The summed E-state index contributed by atoms with van der Waals surface area (Å²) in [7, 11) is 3.54. The summed E-state index contributed by atoms with van der Waals surface area (Å²) in [6, 6.07) is 0. The van der Waals surface area contributed by atoms with E-state index < -0.39 is 0 Å². The van der Waals surface area contributed by atoms with Gasteiger partial charge in [-0.3, -0.25) is 20.4 Å². The average molecular weight is 257 g/mol. The van der Waals surface area contributed by atoms with E-state index in [1.165, 1.54) is 0 Å². The number of hydrazine groups is 1. The molecule has 0 fully saturated rings. The predicted octanol–water partition coefficient (Wildman–Crippen LogP) is -0.577. The Morgan fingerprint density at radius 3 is 2.65 bits per heavy atom. The summed E-state index contributed by atoms with van der Waals surface area (Å²) in [5.41, 5.74) is 5.29. The molecule has 0 aliphatic heterocycles. The van der Waals surface area contributed by atoms with Crippen LogP contribution in [0.5, 0.6) is 0 Å². The maximum absolute atomic E-state index is 11.7. The van der Waals surface area contributed by atoms with E-state index in [2.05, 4.69) is 20.4 Å². The minimum Gasteiger partial charge on any atom is -0.301 e. The fraction of sp³-hybridized carbons (Fsp3) is 0.556. The van der Waals surface area contributed by atoms with Gasteiger partial charge in [-0.15, -0.1) is 5.10 Å². The number of carbonyl (C=O) groups is 2. The number of nitrogens with zero attached hydrogens (tertiary/aromatic N) is 3. The second-order valence-corrected chi connectivity index (χ2v) is 4.40. The summed E-state index contributed by atoms with van der Waals surface area (Å²) < 4.78 is 3.70. The Hall–Kier alpha value is -1.54. The van der Waals surface area contributed by atoms with Crippen molar-refractivity contribution in [2.45, 2.75) is 13.3 Å². The summed E-state index contributed by atoms with van der Waals surface area (Å²) in [5.74, 6) is -0.664. The van der Waals surface area contributed by atoms with Gasteiger partial charge in [0.25, 0.3) is 11.8 Å². The van der Waals surface area contributed by atoms with Crippen molar-refractivity contribution >= 4 is 23.3 Å². The third-order valence-corrected chi connectivity index (χ3v) is 2.64. The number of likely N-dealkylation sites (N-methyl/N-ethyl adjacent to an activating group) is 1. The lowest BCUT2D eigenvalue weighted by atomic mass is 10.3. The van der Waals surface area contributed by atoms with Crippen LogP contribution in [0.1, 0.15) is 22.3 Å². The molecule has 0 aliphatic rings. The van der Waals surface area contributed by atoms with E-state index in [9.17, 15) is 9.59 Å². The molecule has 1 rings (SSSR count). The summed E-state index contributed by atoms with van der Waals surface area (Å²) in [4.78, 5) is 25.1. The first-order chi connectivity index (χ1) is 8.04. The molecule has 1 aromatic rings. The Kier molecular flexibility index (Phi) is 4.98. The minimum absolute atomic E-state index is 0.210. The van der Waals surface area contributed by atoms with Crippen LogP contribution in [0.2, 0.25) is 0 Å². The van der Waals surface area contributed by atoms with Gasteiger partial charge < -0.3 is 4.90 Å². The smallest absolute Gasteiger partial charge is 0.283 e. The van der Waals surface area contributed by atoms with Crippen LogP contribution in [0.25, 0.3) is 0 Å². The van der Waals surface area contributed by atoms with Crippen LogP contribution in [-0.4, -0.2) is 46.9 Å². The number of hydrogen-bond donors (Lipinski definition) is 2. The van der Waals surface area contributed by atoms with E-state index in [1.807, 2.05) is 6.92 Å². The number of aromatic nitrogens is 2. The van der Waals surface area contributed by atoms with Gasteiger partial charge in [-0.2, -0.15) is 0 Å². The van der Waals surface area contributed by atoms with Crippen molar-refractivity contribution in [3.8, 4) is 0 Å². The van der Waals surface area contributed by atoms with Gasteiger partial charge in [-0.05, 0) is 32.0 Å². The molecule has 8 heteroatoms. The number of amides is 2. The lowest BCUT2D eigenvalue weighted by Crippen LogP contribution is -2.45. The summed E-state index contributed by atoms with van der Waals surface area (Å²) in [6.45, 7) is 2.10. The molecule has 2 N–H and O–H groups in total. The van der Waals surface area contributed by atoms with Crippen molar-refractivity contribution in [1.29, 1.82) is 0 Å². The first kappa shape index (κ1) is 13.5. The van der Waals surface area contributed by atoms with Crippen LogP contribution in [0.3, 0.4) is 0 Å². The van der Waals surface area contributed by atoms with E-state index in [1.54, 1.807) is 19.0 Å². The molecular formula is C9H15N5O2S. The minimum atomic E-state index is -0.385. The van der Waals surface area contributed by atoms with Gasteiger partial charge in [0, 0.05) is 0 Å². The largest absolute Gasteiger partial charge is 0.301 e. The van der Waals surface area contributed by atoms with E-state index >= 15 is 0 Å². The van der Waals surface area contributed by atoms with Crippen LogP contribution < -0.4 is 10.9 Å². The van der Waals surface area contributed by atoms with Crippen LogP contribution >= 0.6 is 11.5 Å². The fourth-order valence-corrected chi connectivity index (χ4v) is 1.77. The van der Waals surface area contributed by atoms with Gasteiger partial charge in [-0.25, -0.2) is 0 Å². The maximum Gasteiger partial charge on any atom is 0.283 e. The lowest BCUT2D eigenvalue weighted by molar-refractivity contribution is -0.122. The van der Waals surface area contributed by atoms with Crippen molar-refractivity contribution < 1.29 is 9.59 Å². The Balaban J connectivity index is 2.48. The number of hydrogen-bond acceptors (Lipinski definition) is 6. The van der Waals surface area contributed by atoms with Crippen LogP contribution in [0.4, 0.5) is 0 Å². The summed E-state index contributed by atoms with van der Waals surface area (Å²) in [6.07, 6.45) is 0.630. The van der Waals surface area contributed by atoms with Crippen molar-refractivity contribution in [3.05, 3.63) is 10.6 Å². The predicted molar refractivity (Wildman–Crippen MR) is 63.4 cm³/mol. The Labute approximate surface area is 103 Å². The SMILES string of the molecule is CCc1nnsc1C(=O)NNC(=O)CN(C)C. The molecule has 2 amide bonds. The van der Waals surface area contributed by atoms with Crippen molar-refractivity contribution in [3.63, 3.8) is 0 Å². The number of aryl methyl sites for hydroxylation is 1. The highest BCUT2D eigenvalue weighted by Gasteiger charge is 2.15. The van der Waals surface area contributed by atoms with Crippen LogP contribution in [-0.2, 0) is 11.2 Å². The standard InChI is InChI=1S/C9H15N5O2S/c1-4-6-8(17-13-10-6)9(16)12-11-7(15)5-14(2)3/h4-5H2,1-3H3,(H,11,15)(H,12,16). The van der Waals surface area contributed by atoms with Crippen LogP contribution in [0, 0.1) is 0 Å². The third-order valence-electron chi connectivity index (χ3n) is 1.87. The molecule has 0 atom stereocenters. The quantitative estimate of drug-likeness (QED) is 0.705. The Bertz CT molecular complexity index is 404. The second kappa shape index (κ2) is 6.26. The molecule has 0 aliphatic carbocycles. The van der Waals surface area contributed by atoms with Crippen LogP contribution in [0.15, 0.2) is 0 Å². The van der Waals surface area contributed by atoms with Gasteiger partial charge in [0.15, 0.2) is 0 Å². The van der Waals surface area contributed by atoms with Crippen molar-refractivity contribution in [2.75, 3.05) is 20.6 Å². The van der Waals surface area contributed by atoms with E-state index in [0.717, 1.165) is 11.5 Å². The molecule has 94 valence electrons. The molecule has 1 aromatic heterocycles. The lowest BCUT2D eigenvalue weighted by Gasteiger charge is -2.10. The van der Waals surface area contributed by atoms with E-state index in [-0.39, 0.29) is 18.4 Å². The molecule has 0 saturated heterocycles. The van der Waals surface area contributed by atoms with Gasteiger partial charge in [0.1, 0.15) is 4.88 Å². The summed E-state index contributed by atoms with van der Waals surface area (Å²) in [5, 5.41) is 3.82. The van der Waals surface area contributed by atoms with Gasteiger partial charge >= 0.3 is 0 Å². The average Bonchev–Trinajstić information content (AvgIpc) is 2.72. The molecule has 0 bridgehead atoms. The monoisotopic (exact) mass is 257 g/mol. The zero-order valence-electron chi connectivity index (χ0n) is 9.98. The van der Waals surface area contributed by atoms with Gasteiger partial charge in [-0.1, -0.05) is 11.4 Å². The second-order valence-electron chi connectivity index (χ2n) is 3.64. The highest BCUT2D eigenvalue weighted by molar-refractivity contribution is 7.08. The third kappa shape index (κ3) is 4.08. The molecule has 1 heterocycles. The molecule has 0 saturated carbocycles. The van der Waals surface area contributed by atoms with E-state index in [4.69, 9.17) is 0 Å². The summed E-state index contributed by atoms with van der Waals surface area (Å²) >= 11 is 1.01. The zero-order valence-corrected chi connectivity index (χ0v) is 10.8. The van der Waals surface area contributed by atoms with Gasteiger partial charge in [0.2, 0.25) is 0 Å². The first-order valence-electron chi connectivity index (χ1n) is 5.09. The number of nitrogens with one attached hydrogen (secondary N) is 2. The zero-order chi connectivity index (χ0) is 12.8. The topological polar surface area (TPSA) is 87.2 Å². The Morgan fingerprint density at radius 2 is 2.06 bits per heavy atom. The van der Waals surface area contributed by atoms with Crippen molar-refractivity contribution in [1.82, 2.24) is 25.3 Å². The first-order valence-corrected chi connectivity index (χ1v) is 5.87. The molecule has 7 nitrogen and oxygen atoms in total. The maximum atomic E-state index is 11.7. The van der Waals surface area contributed by atoms with Gasteiger partial charge in [0.05, 0.1) is 12.2 Å². The number of rotatable bonds is 4. The van der Waals surface area contributed by atoms with E-state index in [0.29, 0.717) is 17.0 Å². The molecule has 0 unspecified atom stereocenters. The highest BCUT2D eigenvalue weighted by Crippen LogP contribution is 2.09. The molecule has 0 spiro atoms. The fourth-order valence-electron chi connectivity index (χ4n) is 1.12. The molecule has 0 radical (unpaired) electrons. The molecular weight excluding hydrogens is 242 g/mol. The molecule has 17 heavy (non-hydrogen) atoms.